The van der Waals surface area contributed by atoms with E-state index in [1.54, 1.807) is 12.1 Å². The standard InChI is InChI=1S/C16H26ClFN2/c1-5-16(4,20(6-2)7-3)15(19)11-12-10-13(17)8-9-14(12)18/h8-10,15H,5-7,11,19H2,1-4H3. The van der Waals surface area contributed by atoms with Gasteiger partial charge in [0.05, 0.1) is 0 Å². The maximum atomic E-state index is 13.9. The Hall–Kier alpha value is -0.640. The Bertz CT molecular complexity index is 434. The Morgan fingerprint density at radius 3 is 2.40 bits per heavy atom. The van der Waals surface area contributed by atoms with E-state index in [9.17, 15) is 4.39 Å². The summed E-state index contributed by atoms with van der Waals surface area (Å²) in [6, 6.07) is 4.51. The van der Waals surface area contributed by atoms with Crippen LogP contribution in [0.5, 0.6) is 0 Å². The molecule has 0 aliphatic rings. The fraction of sp³-hybridized carbons (Fsp3) is 0.625. The maximum absolute atomic E-state index is 13.9. The third kappa shape index (κ3) is 3.72. The Morgan fingerprint density at radius 1 is 1.30 bits per heavy atom. The largest absolute Gasteiger partial charge is 0.326 e. The summed E-state index contributed by atoms with van der Waals surface area (Å²) in [4.78, 5) is 2.35. The molecule has 2 atom stereocenters. The predicted octanol–water partition coefficient (Wildman–Crippen LogP) is 3.86. The molecule has 0 bridgehead atoms. The van der Waals surface area contributed by atoms with Gasteiger partial charge in [-0.2, -0.15) is 0 Å². The van der Waals surface area contributed by atoms with E-state index in [0.29, 0.717) is 17.0 Å². The topological polar surface area (TPSA) is 29.3 Å². The second kappa shape index (κ2) is 7.39. The number of halogens is 2. The molecule has 0 spiro atoms. The zero-order chi connectivity index (χ0) is 15.3. The number of likely N-dealkylation sites (N-methyl/N-ethyl adjacent to an activating group) is 1. The van der Waals surface area contributed by atoms with Crippen molar-refractivity contribution < 1.29 is 4.39 Å². The van der Waals surface area contributed by atoms with E-state index < -0.39 is 0 Å². The second-order valence-corrected chi connectivity index (χ2v) is 5.87. The van der Waals surface area contributed by atoms with Crippen LogP contribution in [0.1, 0.15) is 39.7 Å². The van der Waals surface area contributed by atoms with Crippen LogP contribution in [0.4, 0.5) is 4.39 Å². The summed E-state index contributed by atoms with van der Waals surface area (Å²) in [5.74, 6) is -0.233. The van der Waals surface area contributed by atoms with Crippen LogP contribution in [-0.4, -0.2) is 29.6 Å². The molecule has 0 saturated heterocycles. The fourth-order valence-electron chi connectivity index (χ4n) is 2.82. The van der Waals surface area contributed by atoms with E-state index >= 15 is 0 Å². The Balaban J connectivity index is 2.97. The number of hydrogen-bond donors (Lipinski definition) is 1. The molecule has 2 unspecified atom stereocenters. The molecule has 114 valence electrons. The molecule has 0 fully saturated rings. The summed E-state index contributed by atoms with van der Waals surface area (Å²) in [5.41, 5.74) is 6.87. The van der Waals surface area contributed by atoms with Crippen molar-refractivity contribution in [3.05, 3.63) is 34.6 Å². The quantitative estimate of drug-likeness (QED) is 0.828. The van der Waals surface area contributed by atoms with Gasteiger partial charge in [0, 0.05) is 16.6 Å². The second-order valence-electron chi connectivity index (χ2n) is 5.43. The van der Waals surface area contributed by atoms with Crippen LogP contribution in [0.3, 0.4) is 0 Å². The van der Waals surface area contributed by atoms with Crippen molar-refractivity contribution in [2.24, 2.45) is 5.73 Å². The molecule has 4 heteroatoms. The summed E-state index contributed by atoms with van der Waals surface area (Å²) in [5, 5.41) is 0.551. The molecule has 2 N–H and O–H groups in total. The molecular formula is C16H26ClFN2. The third-order valence-corrected chi connectivity index (χ3v) is 4.68. The Morgan fingerprint density at radius 2 is 1.90 bits per heavy atom. The Kier molecular flexibility index (Phi) is 6.44. The van der Waals surface area contributed by atoms with Gasteiger partial charge in [0.2, 0.25) is 0 Å². The highest BCUT2D eigenvalue weighted by Crippen LogP contribution is 2.26. The molecule has 1 rings (SSSR count). The molecule has 20 heavy (non-hydrogen) atoms. The van der Waals surface area contributed by atoms with Gasteiger partial charge in [0.25, 0.3) is 0 Å². The number of benzene rings is 1. The zero-order valence-corrected chi connectivity index (χ0v) is 13.7. The molecular weight excluding hydrogens is 275 g/mol. The van der Waals surface area contributed by atoms with E-state index in [2.05, 4.69) is 32.6 Å². The van der Waals surface area contributed by atoms with E-state index in [1.165, 1.54) is 6.07 Å². The van der Waals surface area contributed by atoms with E-state index in [-0.39, 0.29) is 17.4 Å². The van der Waals surface area contributed by atoms with E-state index in [0.717, 1.165) is 19.5 Å². The van der Waals surface area contributed by atoms with Crippen LogP contribution >= 0.6 is 11.6 Å². The van der Waals surface area contributed by atoms with Gasteiger partial charge < -0.3 is 5.73 Å². The lowest BCUT2D eigenvalue weighted by Crippen LogP contribution is -2.58. The maximum Gasteiger partial charge on any atom is 0.126 e. The smallest absolute Gasteiger partial charge is 0.126 e. The average molecular weight is 301 g/mol. The number of nitrogens with zero attached hydrogens (tertiary/aromatic N) is 1. The number of nitrogens with two attached hydrogens (primary N) is 1. The van der Waals surface area contributed by atoms with Gasteiger partial charge in [-0.05, 0) is 56.6 Å². The first-order valence-electron chi connectivity index (χ1n) is 7.33. The molecule has 0 saturated carbocycles. The summed E-state index contributed by atoms with van der Waals surface area (Å²) >= 11 is 5.95. The normalized spacial score (nSPS) is 16.2. The zero-order valence-electron chi connectivity index (χ0n) is 12.9. The van der Waals surface area contributed by atoms with Crippen molar-refractivity contribution in [2.45, 2.75) is 52.1 Å². The number of hydrogen-bond acceptors (Lipinski definition) is 2. The van der Waals surface area contributed by atoms with Crippen LogP contribution < -0.4 is 5.73 Å². The molecule has 0 aliphatic heterocycles. The van der Waals surface area contributed by atoms with Gasteiger partial charge in [0.15, 0.2) is 0 Å². The Labute approximate surface area is 127 Å². The summed E-state index contributed by atoms with van der Waals surface area (Å²) < 4.78 is 13.9. The van der Waals surface area contributed by atoms with Crippen molar-refractivity contribution in [3.8, 4) is 0 Å². The average Bonchev–Trinajstić information content (AvgIpc) is 2.43. The predicted molar refractivity (Wildman–Crippen MR) is 84.7 cm³/mol. The van der Waals surface area contributed by atoms with Crippen molar-refractivity contribution in [1.29, 1.82) is 0 Å². The van der Waals surface area contributed by atoms with Crippen LogP contribution in [0, 0.1) is 5.82 Å². The molecule has 2 nitrogen and oxygen atoms in total. The van der Waals surface area contributed by atoms with E-state index in [1.807, 2.05) is 0 Å². The van der Waals surface area contributed by atoms with Crippen LogP contribution in [0.2, 0.25) is 5.02 Å². The molecule has 1 aromatic rings. The molecule has 0 radical (unpaired) electrons. The first-order valence-corrected chi connectivity index (χ1v) is 7.71. The van der Waals surface area contributed by atoms with Crippen molar-refractivity contribution in [2.75, 3.05) is 13.1 Å². The van der Waals surface area contributed by atoms with Crippen LogP contribution in [-0.2, 0) is 6.42 Å². The fourth-order valence-corrected chi connectivity index (χ4v) is 3.02. The van der Waals surface area contributed by atoms with Gasteiger partial charge in [0.1, 0.15) is 5.82 Å². The molecule has 0 aromatic heterocycles. The number of rotatable bonds is 7. The summed E-state index contributed by atoms with van der Waals surface area (Å²) in [7, 11) is 0. The third-order valence-electron chi connectivity index (χ3n) is 4.45. The van der Waals surface area contributed by atoms with Gasteiger partial charge in [-0.1, -0.05) is 32.4 Å². The lowest BCUT2D eigenvalue weighted by Gasteiger charge is -2.44. The minimum Gasteiger partial charge on any atom is -0.326 e. The van der Waals surface area contributed by atoms with Gasteiger partial charge in [-0.15, -0.1) is 0 Å². The lowest BCUT2D eigenvalue weighted by atomic mass is 9.84. The minimum atomic E-state index is -0.233. The summed E-state index contributed by atoms with van der Waals surface area (Å²) in [6.07, 6.45) is 1.42. The SMILES string of the molecule is CCN(CC)C(C)(CC)C(N)Cc1cc(Cl)ccc1F. The van der Waals surface area contributed by atoms with Gasteiger partial charge in [-0.25, -0.2) is 4.39 Å². The van der Waals surface area contributed by atoms with Gasteiger partial charge in [-0.3, -0.25) is 4.90 Å². The molecule has 1 aromatic carbocycles. The lowest BCUT2D eigenvalue weighted by molar-refractivity contribution is 0.0842. The van der Waals surface area contributed by atoms with E-state index in [4.69, 9.17) is 17.3 Å². The molecule has 0 aliphatic carbocycles. The summed E-state index contributed by atoms with van der Waals surface area (Å²) in [6.45, 7) is 10.4. The monoisotopic (exact) mass is 300 g/mol. The van der Waals surface area contributed by atoms with Crippen molar-refractivity contribution in [3.63, 3.8) is 0 Å². The van der Waals surface area contributed by atoms with Crippen molar-refractivity contribution >= 4 is 11.6 Å². The van der Waals surface area contributed by atoms with Crippen LogP contribution in [0.15, 0.2) is 18.2 Å². The highest BCUT2D eigenvalue weighted by atomic mass is 35.5. The van der Waals surface area contributed by atoms with Crippen molar-refractivity contribution in [1.82, 2.24) is 4.90 Å². The highest BCUT2D eigenvalue weighted by Gasteiger charge is 2.35. The van der Waals surface area contributed by atoms with Gasteiger partial charge >= 0.3 is 0 Å². The first-order chi connectivity index (χ1) is 9.38. The van der Waals surface area contributed by atoms with Crippen LogP contribution in [0.25, 0.3) is 0 Å². The molecule has 0 amide bonds. The molecule has 0 heterocycles. The minimum absolute atomic E-state index is 0.139. The first kappa shape index (κ1) is 17.4. The highest BCUT2D eigenvalue weighted by molar-refractivity contribution is 6.30.